The van der Waals surface area contributed by atoms with Gasteiger partial charge in [-0.1, -0.05) is 6.07 Å². The summed E-state index contributed by atoms with van der Waals surface area (Å²) in [6.07, 6.45) is 5.36. The molecular weight excluding hydrogens is 178 g/mol. The third-order valence-electron chi connectivity index (χ3n) is 2.83. The molecule has 2 rings (SSSR count). The van der Waals surface area contributed by atoms with Gasteiger partial charge in [-0.2, -0.15) is 0 Å². The lowest BCUT2D eigenvalue weighted by molar-refractivity contribution is -0.125. The Morgan fingerprint density at radius 1 is 1.36 bits per heavy atom. The molecule has 14 heavy (non-hydrogen) atoms. The SMILES string of the molecule is O=C1CCC(O)(c2cccnc2)CC1. The zero-order valence-corrected chi connectivity index (χ0v) is 7.94. The van der Waals surface area contributed by atoms with Crippen molar-refractivity contribution >= 4 is 5.78 Å². The minimum atomic E-state index is -0.831. The van der Waals surface area contributed by atoms with Crippen molar-refractivity contribution < 1.29 is 9.90 Å². The molecule has 1 saturated carbocycles. The minimum Gasteiger partial charge on any atom is -0.385 e. The molecule has 74 valence electrons. The van der Waals surface area contributed by atoms with Gasteiger partial charge in [0.25, 0.3) is 0 Å². The lowest BCUT2D eigenvalue weighted by Crippen LogP contribution is -2.31. The second kappa shape index (κ2) is 3.50. The van der Waals surface area contributed by atoms with Crippen molar-refractivity contribution in [3.05, 3.63) is 30.1 Å². The molecule has 0 bridgehead atoms. The van der Waals surface area contributed by atoms with Gasteiger partial charge in [0.05, 0.1) is 5.60 Å². The average molecular weight is 191 g/mol. The molecule has 3 heteroatoms. The second-order valence-electron chi connectivity index (χ2n) is 3.81. The highest BCUT2D eigenvalue weighted by atomic mass is 16.3. The molecule has 1 fully saturated rings. The second-order valence-corrected chi connectivity index (χ2v) is 3.81. The van der Waals surface area contributed by atoms with Crippen LogP contribution in [0.15, 0.2) is 24.5 Å². The van der Waals surface area contributed by atoms with Crippen molar-refractivity contribution in [1.82, 2.24) is 4.98 Å². The Balaban J connectivity index is 2.21. The summed E-state index contributed by atoms with van der Waals surface area (Å²) < 4.78 is 0. The fraction of sp³-hybridized carbons (Fsp3) is 0.455. The topological polar surface area (TPSA) is 50.2 Å². The summed E-state index contributed by atoms with van der Waals surface area (Å²) in [5.41, 5.74) is -0.00479. The first kappa shape index (κ1) is 9.34. The molecular formula is C11H13NO2. The van der Waals surface area contributed by atoms with Crippen molar-refractivity contribution in [3.8, 4) is 0 Å². The third kappa shape index (κ3) is 1.68. The highest BCUT2D eigenvalue weighted by molar-refractivity contribution is 5.79. The molecule has 1 aliphatic rings. The van der Waals surface area contributed by atoms with Crippen molar-refractivity contribution in [2.45, 2.75) is 31.3 Å². The van der Waals surface area contributed by atoms with Crippen LogP contribution in [-0.4, -0.2) is 15.9 Å². The minimum absolute atomic E-state index is 0.249. The first-order valence-corrected chi connectivity index (χ1v) is 4.85. The summed E-state index contributed by atoms with van der Waals surface area (Å²) in [6, 6.07) is 3.67. The van der Waals surface area contributed by atoms with Crippen LogP contribution in [0.25, 0.3) is 0 Å². The molecule has 1 N–H and O–H groups in total. The zero-order valence-electron chi connectivity index (χ0n) is 7.94. The number of rotatable bonds is 1. The smallest absolute Gasteiger partial charge is 0.133 e. The van der Waals surface area contributed by atoms with E-state index >= 15 is 0 Å². The molecule has 0 amide bonds. The molecule has 0 atom stereocenters. The first-order valence-electron chi connectivity index (χ1n) is 4.85. The van der Waals surface area contributed by atoms with Crippen LogP contribution in [-0.2, 0) is 10.4 Å². The maximum Gasteiger partial charge on any atom is 0.133 e. The molecule has 0 saturated heterocycles. The summed E-state index contributed by atoms with van der Waals surface area (Å²) in [7, 11) is 0. The first-order chi connectivity index (χ1) is 6.71. The fourth-order valence-electron chi connectivity index (χ4n) is 1.87. The average Bonchev–Trinajstić information content (AvgIpc) is 2.24. The van der Waals surface area contributed by atoms with E-state index in [0.717, 1.165) is 5.56 Å². The summed E-state index contributed by atoms with van der Waals surface area (Å²) in [6.45, 7) is 0. The number of pyridine rings is 1. The van der Waals surface area contributed by atoms with Crippen LogP contribution in [0.1, 0.15) is 31.2 Å². The van der Waals surface area contributed by atoms with Crippen LogP contribution in [0, 0.1) is 0 Å². The van der Waals surface area contributed by atoms with E-state index in [0.29, 0.717) is 25.7 Å². The van der Waals surface area contributed by atoms with E-state index in [1.165, 1.54) is 0 Å². The van der Waals surface area contributed by atoms with Gasteiger partial charge in [0.15, 0.2) is 0 Å². The van der Waals surface area contributed by atoms with Crippen molar-refractivity contribution in [1.29, 1.82) is 0 Å². The Labute approximate surface area is 82.8 Å². The lowest BCUT2D eigenvalue weighted by atomic mass is 9.80. The number of aromatic nitrogens is 1. The van der Waals surface area contributed by atoms with E-state index in [9.17, 15) is 9.90 Å². The number of carbonyl (C=O) groups excluding carboxylic acids is 1. The van der Waals surface area contributed by atoms with Crippen LogP contribution in [0.5, 0.6) is 0 Å². The Bertz CT molecular complexity index is 324. The zero-order chi connectivity index (χ0) is 10.0. The lowest BCUT2D eigenvalue weighted by Gasteiger charge is -2.31. The largest absolute Gasteiger partial charge is 0.385 e. The number of hydrogen-bond acceptors (Lipinski definition) is 3. The molecule has 3 nitrogen and oxygen atoms in total. The normalized spacial score (nSPS) is 20.8. The van der Waals surface area contributed by atoms with E-state index in [1.54, 1.807) is 12.4 Å². The molecule has 1 aromatic rings. The highest BCUT2D eigenvalue weighted by Gasteiger charge is 2.33. The van der Waals surface area contributed by atoms with Crippen LogP contribution in [0.2, 0.25) is 0 Å². The van der Waals surface area contributed by atoms with E-state index in [1.807, 2.05) is 12.1 Å². The van der Waals surface area contributed by atoms with Crippen molar-refractivity contribution in [3.63, 3.8) is 0 Å². The standard InChI is InChI=1S/C11H13NO2/c13-10-3-5-11(14,6-4-10)9-2-1-7-12-8-9/h1-2,7-8,14H,3-6H2. The number of hydrogen-bond donors (Lipinski definition) is 1. The predicted octanol–water partition coefficient (Wildman–Crippen LogP) is 1.41. The fourth-order valence-corrected chi connectivity index (χ4v) is 1.87. The maximum atomic E-state index is 11.1. The van der Waals surface area contributed by atoms with E-state index < -0.39 is 5.60 Å². The van der Waals surface area contributed by atoms with E-state index in [-0.39, 0.29) is 5.78 Å². The summed E-state index contributed by atoms with van der Waals surface area (Å²) in [5.74, 6) is 0.249. The number of aliphatic hydroxyl groups is 1. The Morgan fingerprint density at radius 2 is 2.07 bits per heavy atom. The van der Waals surface area contributed by atoms with Crippen molar-refractivity contribution in [2.24, 2.45) is 0 Å². The summed E-state index contributed by atoms with van der Waals surface area (Å²) in [5, 5.41) is 10.3. The Morgan fingerprint density at radius 3 is 2.64 bits per heavy atom. The quantitative estimate of drug-likeness (QED) is 0.730. The van der Waals surface area contributed by atoms with Gasteiger partial charge in [0.1, 0.15) is 5.78 Å². The Kier molecular flexibility index (Phi) is 2.33. The van der Waals surface area contributed by atoms with E-state index in [2.05, 4.69) is 4.98 Å². The molecule has 1 aliphatic carbocycles. The van der Waals surface area contributed by atoms with Crippen molar-refractivity contribution in [2.75, 3.05) is 0 Å². The molecule has 0 radical (unpaired) electrons. The summed E-state index contributed by atoms with van der Waals surface area (Å²) in [4.78, 5) is 15.0. The summed E-state index contributed by atoms with van der Waals surface area (Å²) >= 11 is 0. The number of nitrogens with zero attached hydrogens (tertiary/aromatic N) is 1. The van der Waals surface area contributed by atoms with Crippen LogP contribution in [0.4, 0.5) is 0 Å². The number of Topliss-reactive ketones (excluding diaryl/α,β-unsaturated/α-hetero) is 1. The van der Waals surface area contributed by atoms with Gasteiger partial charge in [-0.15, -0.1) is 0 Å². The molecule has 0 aromatic carbocycles. The van der Waals surface area contributed by atoms with Gasteiger partial charge < -0.3 is 5.11 Å². The van der Waals surface area contributed by atoms with Gasteiger partial charge in [-0.3, -0.25) is 9.78 Å². The number of ketones is 1. The van der Waals surface area contributed by atoms with Gasteiger partial charge in [0.2, 0.25) is 0 Å². The van der Waals surface area contributed by atoms with Crippen LogP contribution in [0.3, 0.4) is 0 Å². The molecule has 1 heterocycles. The highest BCUT2D eigenvalue weighted by Crippen LogP contribution is 2.34. The van der Waals surface area contributed by atoms with Gasteiger partial charge in [-0.25, -0.2) is 0 Å². The third-order valence-corrected chi connectivity index (χ3v) is 2.83. The predicted molar refractivity (Wildman–Crippen MR) is 51.6 cm³/mol. The molecule has 0 unspecified atom stereocenters. The van der Waals surface area contributed by atoms with E-state index in [4.69, 9.17) is 0 Å². The molecule has 1 aromatic heterocycles. The Hall–Kier alpha value is -1.22. The molecule has 0 aliphatic heterocycles. The number of carbonyl (C=O) groups is 1. The maximum absolute atomic E-state index is 11.1. The van der Waals surface area contributed by atoms with Crippen LogP contribution >= 0.6 is 0 Å². The van der Waals surface area contributed by atoms with Crippen LogP contribution < -0.4 is 0 Å². The van der Waals surface area contributed by atoms with Gasteiger partial charge in [-0.05, 0) is 18.9 Å². The van der Waals surface area contributed by atoms with Gasteiger partial charge in [0, 0.05) is 30.8 Å². The molecule has 0 spiro atoms. The monoisotopic (exact) mass is 191 g/mol. The van der Waals surface area contributed by atoms with Gasteiger partial charge >= 0.3 is 0 Å².